The Morgan fingerprint density at radius 3 is 2.33 bits per heavy atom. The number of carbonyl (C=O) groups excluding carboxylic acids is 3. The number of hydrogen-bond donors (Lipinski definition) is 3. The molecule has 1 unspecified atom stereocenters. The lowest BCUT2D eigenvalue weighted by atomic mass is 10.00. The molecule has 0 aromatic heterocycles. The van der Waals surface area contributed by atoms with E-state index in [9.17, 15) is 19.5 Å². The van der Waals surface area contributed by atoms with Gasteiger partial charge in [-0.15, -0.1) is 0 Å². The van der Waals surface area contributed by atoms with E-state index in [-0.39, 0.29) is 11.3 Å². The molecule has 174 valence electrons. The van der Waals surface area contributed by atoms with Crippen molar-refractivity contribution >= 4 is 23.6 Å². The van der Waals surface area contributed by atoms with Gasteiger partial charge in [0.2, 0.25) is 0 Å². The number of para-hydroxylation sites is 2. The number of carbonyl (C=O) groups is 3. The zero-order chi connectivity index (χ0) is 24.8. The normalized spacial score (nSPS) is 11.6. The number of nitrogens with one attached hydrogen (secondary N) is 2. The van der Waals surface area contributed by atoms with Crippen molar-refractivity contribution in [1.29, 1.82) is 0 Å². The lowest BCUT2D eigenvalue weighted by molar-refractivity contribution is -0.134. The van der Waals surface area contributed by atoms with Crippen molar-refractivity contribution in [2.45, 2.75) is 46.3 Å². The fourth-order valence-corrected chi connectivity index (χ4v) is 3.05. The molecular formula is C25H29N3O5. The summed E-state index contributed by atoms with van der Waals surface area (Å²) in [6, 6.07) is 12.8. The predicted molar refractivity (Wildman–Crippen MR) is 125 cm³/mol. The van der Waals surface area contributed by atoms with Gasteiger partial charge in [-0.2, -0.15) is 0 Å². The topological polar surface area (TPSA) is 108 Å². The van der Waals surface area contributed by atoms with Gasteiger partial charge in [0.1, 0.15) is 17.9 Å². The minimum Gasteiger partial charge on any atom is -0.507 e. The van der Waals surface area contributed by atoms with Crippen LogP contribution >= 0.6 is 0 Å². The van der Waals surface area contributed by atoms with Crippen LogP contribution in [-0.2, 0) is 14.3 Å². The summed E-state index contributed by atoms with van der Waals surface area (Å²) in [4.78, 5) is 39.1. The van der Waals surface area contributed by atoms with Gasteiger partial charge >= 0.3 is 6.09 Å². The van der Waals surface area contributed by atoms with Crippen LogP contribution in [0.25, 0.3) is 0 Å². The van der Waals surface area contributed by atoms with Gasteiger partial charge in [-0.1, -0.05) is 42.8 Å². The molecule has 2 aromatic rings. The number of phenolic OH excluding ortho intramolecular Hbond substituents is 1. The number of rotatable bonds is 6. The molecule has 33 heavy (non-hydrogen) atoms. The number of amides is 3. The first-order valence-electron chi connectivity index (χ1n) is 10.3. The van der Waals surface area contributed by atoms with Crippen molar-refractivity contribution in [3.8, 4) is 18.2 Å². The summed E-state index contributed by atoms with van der Waals surface area (Å²) >= 11 is 0. The third-order valence-corrected chi connectivity index (χ3v) is 4.66. The summed E-state index contributed by atoms with van der Waals surface area (Å²) in [6.07, 6.45) is 4.82. The van der Waals surface area contributed by atoms with Gasteiger partial charge in [-0.3, -0.25) is 14.5 Å². The second-order valence-electron chi connectivity index (χ2n) is 8.47. The van der Waals surface area contributed by atoms with Gasteiger partial charge < -0.3 is 20.5 Å². The molecule has 0 aliphatic heterocycles. The van der Waals surface area contributed by atoms with Gasteiger partial charge in [0, 0.05) is 17.3 Å². The number of nitrogens with zero attached hydrogens (tertiary/aromatic N) is 1. The molecular weight excluding hydrogens is 422 g/mol. The van der Waals surface area contributed by atoms with Crippen LogP contribution < -0.4 is 10.6 Å². The number of ether oxygens (including phenoxy) is 1. The summed E-state index contributed by atoms with van der Waals surface area (Å²) in [5.41, 5.74) is 1.27. The highest BCUT2D eigenvalue weighted by molar-refractivity contribution is 5.99. The van der Waals surface area contributed by atoms with Gasteiger partial charge in [0.25, 0.3) is 11.8 Å². The highest BCUT2D eigenvalue weighted by Crippen LogP contribution is 2.32. The maximum atomic E-state index is 13.3. The molecule has 3 N–H and O–H groups in total. The minimum atomic E-state index is -1.34. The van der Waals surface area contributed by atoms with E-state index in [4.69, 9.17) is 11.2 Å². The van der Waals surface area contributed by atoms with E-state index >= 15 is 0 Å². The standard InChI is InChI=1S/C25H29N3O5/c1-7-28(20(29)15-26-24(32)33-25(4,5)6)21(18-13-10-12-17(3)22(18)30)23(31)27-19-14-9-8-11-16(19)2/h1,8-14,21,30H,15H2,2-6H3,(H,26,32)(H,27,31). The molecule has 0 radical (unpaired) electrons. The second kappa shape index (κ2) is 10.6. The number of aryl methyl sites for hydroxylation is 2. The fraction of sp³-hybridized carbons (Fsp3) is 0.320. The molecule has 0 spiro atoms. The van der Waals surface area contributed by atoms with Crippen molar-refractivity contribution in [1.82, 2.24) is 10.2 Å². The first kappa shape index (κ1) is 25.3. The van der Waals surface area contributed by atoms with E-state index in [0.29, 0.717) is 11.3 Å². The first-order valence-corrected chi connectivity index (χ1v) is 10.3. The molecule has 0 saturated carbocycles. The predicted octanol–water partition coefficient (Wildman–Crippen LogP) is 3.63. The molecule has 0 saturated heterocycles. The largest absolute Gasteiger partial charge is 0.507 e. The average Bonchev–Trinajstić information content (AvgIpc) is 2.73. The van der Waals surface area contributed by atoms with Gasteiger partial charge in [-0.05, 0) is 51.8 Å². The Kier molecular flexibility index (Phi) is 8.08. The van der Waals surface area contributed by atoms with E-state index in [2.05, 4.69) is 16.7 Å². The molecule has 0 heterocycles. The summed E-state index contributed by atoms with van der Waals surface area (Å²) in [7, 11) is 0. The molecule has 0 fully saturated rings. The van der Waals surface area contributed by atoms with Crippen molar-refractivity contribution in [3.63, 3.8) is 0 Å². The maximum Gasteiger partial charge on any atom is 0.408 e. The van der Waals surface area contributed by atoms with Crippen molar-refractivity contribution in [2.24, 2.45) is 0 Å². The number of terminal acetylenes is 1. The van der Waals surface area contributed by atoms with Crippen LogP contribution in [0, 0.1) is 26.3 Å². The number of alkyl carbamates (subject to hydrolysis) is 1. The van der Waals surface area contributed by atoms with E-state index < -0.39 is 36.1 Å². The van der Waals surface area contributed by atoms with Crippen molar-refractivity contribution in [3.05, 3.63) is 59.2 Å². The van der Waals surface area contributed by atoms with Crippen LogP contribution in [0.15, 0.2) is 42.5 Å². The summed E-state index contributed by atoms with van der Waals surface area (Å²) < 4.78 is 5.13. The lowest BCUT2D eigenvalue weighted by Gasteiger charge is -2.28. The molecule has 8 heteroatoms. The van der Waals surface area contributed by atoms with Crippen molar-refractivity contribution < 1.29 is 24.2 Å². The van der Waals surface area contributed by atoms with Crippen LogP contribution in [0.2, 0.25) is 0 Å². The average molecular weight is 452 g/mol. The Morgan fingerprint density at radius 1 is 1.09 bits per heavy atom. The number of aromatic hydroxyl groups is 1. The lowest BCUT2D eigenvalue weighted by Crippen LogP contribution is -2.44. The number of benzene rings is 2. The monoisotopic (exact) mass is 451 g/mol. The van der Waals surface area contributed by atoms with Gasteiger partial charge in [-0.25, -0.2) is 4.79 Å². The van der Waals surface area contributed by atoms with Gasteiger partial charge in [0.15, 0.2) is 6.04 Å². The van der Waals surface area contributed by atoms with Crippen LogP contribution in [0.5, 0.6) is 5.75 Å². The number of anilines is 1. The fourth-order valence-electron chi connectivity index (χ4n) is 3.05. The Labute approximate surface area is 193 Å². The van der Waals surface area contributed by atoms with E-state index in [1.54, 1.807) is 52.0 Å². The summed E-state index contributed by atoms with van der Waals surface area (Å²) in [6.45, 7) is 8.06. The summed E-state index contributed by atoms with van der Waals surface area (Å²) in [5.74, 6) is -1.50. The van der Waals surface area contributed by atoms with E-state index in [1.807, 2.05) is 19.1 Å². The zero-order valence-electron chi connectivity index (χ0n) is 19.4. The second-order valence-corrected chi connectivity index (χ2v) is 8.47. The Morgan fingerprint density at radius 2 is 1.73 bits per heavy atom. The highest BCUT2D eigenvalue weighted by Gasteiger charge is 2.33. The van der Waals surface area contributed by atoms with Gasteiger partial charge in [0.05, 0.1) is 0 Å². The molecule has 3 amide bonds. The highest BCUT2D eigenvalue weighted by atomic mass is 16.6. The van der Waals surface area contributed by atoms with E-state index in [1.165, 1.54) is 6.07 Å². The zero-order valence-corrected chi connectivity index (χ0v) is 19.4. The number of phenols is 1. The minimum absolute atomic E-state index is 0.157. The Hall–Kier alpha value is -3.99. The first-order chi connectivity index (χ1) is 15.4. The molecule has 1 atom stereocenters. The molecule has 0 aliphatic rings. The molecule has 0 aliphatic carbocycles. The molecule has 8 nitrogen and oxygen atoms in total. The third kappa shape index (κ3) is 6.74. The molecule has 2 aromatic carbocycles. The smallest absolute Gasteiger partial charge is 0.408 e. The summed E-state index contributed by atoms with van der Waals surface area (Å²) in [5, 5.41) is 15.7. The molecule has 0 bridgehead atoms. The van der Waals surface area contributed by atoms with Crippen LogP contribution in [-0.4, -0.2) is 40.1 Å². The van der Waals surface area contributed by atoms with Crippen LogP contribution in [0.4, 0.5) is 10.5 Å². The Bertz CT molecular complexity index is 1080. The van der Waals surface area contributed by atoms with Crippen LogP contribution in [0.1, 0.15) is 43.5 Å². The van der Waals surface area contributed by atoms with E-state index in [0.717, 1.165) is 10.5 Å². The van der Waals surface area contributed by atoms with Crippen molar-refractivity contribution in [2.75, 3.05) is 11.9 Å². The SMILES string of the molecule is C#CN(C(=O)CNC(=O)OC(C)(C)C)C(C(=O)Nc1ccccc1C)c1cccc(C)c1O. The third-order valence-electron chi connectivity index (χ3n) is 4.66. The Balaban J connectivity index is 2.36. The number of hydrogen-bond acceptors (Lipinski definition) is 5. The maximum absolute atomic E-state index is 13.3. The quantitative estimate of drug-likeness (QED) is 0.459. The van der Waals surface area contributed by atoms with Crippen LogP contribution in [0.3, 0.4) is 0 Å². The molecule has 2 rings (SSSR count).